The predicted molar refractivity (Wildman–Crippen MR) is 117 cm³/mol. The van der Waals surface area contributed by atoms with E-state index in [2.05, 4.69) is 49.6 Å². The topological polar surface area (TPSA) is 43.9 Å². The lowest BCUT2D eigenvalue weighted by Crippen LogP contribution is -2.56. The van der Waals surface area contributed by atoms with E-state index < -0.39 is 0 Å². The van der Waals surface area contributed by atoms with Gasteiger partial charge >= 0.3 is 0 Å². The SMILES string of the molecule is CC1CC(C)CN(C(=O)C(C)N2CCN(C(=O)c3ccc(C(C)C)cc3)CC2)C1. The molecule has 0 spiro atoms. The maximum atomic E-state index is 13.0. The van der Waals surface area contributed by atoms with Gasteiger partial charge in [-0.2, -0.15) is 0 Å². The monoisotopic (exact) mass is 399 g/mol. The van der Waals surface area contributed by atoms with Crippen LogP contribution in [0.15, 0.2) is 24.3 Å². The van der Waals surface area contributed by atoms with Crippen molar-refractivity contribution in [1.82, 2.24) is 14.7 Å². The number of amides is 2. The fourth-order valence-electron chi connectivity index (χ4n) is 4.77. The van der Waals surface area contributed by atoms with Crippen molar-refractivity contribution >= 4 is 11.8 Å². The predicted octanol–water partition coefficient (Wildman–Crippen LogP) is 3.46. The Bertz CT molecular complexity index is 697. The van der Waals surface area contributed by atoms with E-state index in [-0.39, 0.29) is 17.9 Å². The summed E-state index contributed by atoms with van der Waals surface area (Å²) in [6.07, 6.45) is 1.21. The summed E-state index contributed by atoms with van der Waals surface area (Å²) in [7, 11) is 0. The smallest absolute Gasteiger partial charge is 0.253 e. The van der Waals surface area contributed by atoms with Crippen molar-refractivity contribution in [2.24, 2.45) is 11.8 Å². The van der Waals surface area contributed by atoms with E-state index in [1.54, 1.807) is 0 Å². The maximum Gasteiger partial charge on any atom is 0.253 e. The number of hydrogen-bond acceptors (Lipinski definition) is 3. The molecule has 3 rings (SSSR count). The van der Waals surface area contributed by atoms with Gasteiger partial charge in [-0.1, -0.05) is 39.8 Å². The molecule has 5 nitrogen and oxygen atoms in total. The Morgan fingerprint density at radius 1 is 0.862 bits per heavy atom. The molecule has 29 heavy (non-hydrogen) atoms. The summed E-state index contributed by atoms with van der Waals surface area (Å²) in [5, 5.41) is 0. The van der Waals surface area contributed by atoms with Crippen LogP contribution in [0.2, 0.25) is 0 Å². The van der Waals surface area contributed by atoms with Crippen LogP contribution in [0, 0.1) is 11.8 Å². The van der Waals surface area contributed by atoms with Crippen LogP contribution in [0.3, 0.4) is 0 Å². The molecule has 2 amide bonds. The molecule has 2 fully saturated rings. The zero-order chi connectivity index (χ0) is 21.1. The fraction of sp³-hybridized carbons (Fsp3) is 0.667. The molecule has 0 N–H and O–H groups in total. The highest BCUT2D eigenvalue weighted by Crippen LogP contribution is 2.23. The summed E-state index contributed by atoms with van der Waals surface area (Å²) in [6.45, 7) is 15.4. The van der Waals surface area contributed by atoms with Gasteiger partial charge in [-0.25, -0.2) is 0 Å². The Kier molecular flexibility index (Phi) is 6.99. The molecule has 0 aromatic heterocycles. The number of likely N-dealkylation sites (tertiary alicyclic amines) is 1. The zero-order valence-electron chi connectivity index (χ0n) is 18.7. The van der Waals surface area contributed by atoms with Crippen molar-refractivity contribution < 1.29 is 9.59 Å². The van der Waals surface area contributed by atoms with Crippen LogP contribution in [0.5, 0.6) is 0 Å². The minimum Gasteiger partial charge on any atom is -0.341 e. The largest absolute Gasteiger partial charge is 0.341 e. The summed E-state index contributed by atoms with van der Waals surface area (Å²) >= 11 is 0. The molecule has 2 saturated heterocycles. The van der Waals surface area contributed by atoms with Crippen molar-refractivity contribution in [1.29, 1.82) is 0 Å². The number of hydrogen-bond donors (Lipinski definition) is 0. The van der Waals surface area contributed by atoms with Crippen molar-refractivity contribution in [2.75, 3.05) is 39.3 Å². The van der Waals surface area contributed by atoms with Gasteiger partial charge in [0.1, 0.15) is 0 Å². The number of carbonyl (C=O) groups excluding carboxylic acids is 2. The van der Waals surface area contributed by atoms with E-state index in [1.165, 1.54) is 12.0 Å². The lowest BCUT2D eigenvalue weighted by atomic mass is 9.91. The van der Waals surface area contributed by atoms with Crippen molar-refractivity contribution in [3.63, 3.8) is 0 Å². The third-order valence-corrected chi connectivity index (χ3v) is 6.51. The fourth-order valence-corrected chi connectivity index (χ4v) is 4.77. The van der Waals surface area contributed by atoms with Gasteiger partial charge in [0, 0.05) is 44.8 Å². The van der Waals surface area contributed by atoms with E-state index in [4.69, 9.17) is 0 Å². The number of piperidine rings is 1. The van der Waals surface area contributed by atoms with Crippen LogP contribution in [0.4, 0.5) is 0 Å². The van der Waals surface area contributed by atoms with Crippen LogP contribution < -0.4 is 0 Å². The number of benzene rings is 1. The van der Waals surface area contributed by atoms with Crippen LogP contribution >= 0.6 is 0 Å². The zero-order valence-corrected chi connectivity index (χ0v) is 18.7. The first-order valence-corrected chi connectivity index (χ1v) is 11.2. The minimum absolute atomic E-state index is 0.0950. The van der Waals surface area contributed by atoms with Crippen LogP contribution in [-0.2, 0) is 4.79 Å². The van der Waals surface area contributed by atoms with Crippen LogP contribution in [0.1, 0.15) is 62.9 Å². The van der Waals surface area contributed by atoms with Gasteiger partial charge in [-0.3, -0.25) is 14.5 Å². The first kappa shape index (κ1) is 21.8. The molecule has 3 atom stereocenters. The molecule has 0 aliphatic carbocycles. The van der Waals surface area contributed by atoms with E-state index in [0.717, 1.165) is 31.7 Å². The standard InChI is InChI=1S/C24H37N3O2/c1-17(2)21-6-8-22(9-7-21)24(29)26-12-10-25(11-13-26)20(5)23(28)27-15-18(3)14-19(4)16-27/h6-9,17-20H,10-16H2,1-5H3. The summed E-state index contributed by atoms with van der Waals surface area (Å²) in [5.74, 6) is 1.95. The van der Waals surface area contributed by atoms with Crippen molar-refractivity contribution in [2.45, 2.75) is 53.0 Å². The molecule has 2 aliphatic rings. The summed E-state index contributed by atoms with van der Waals surface area (Å²) in [4.78, 5) is 32.1. The number of piperazine rings is 1. The average Bonchev–Trinajstić information content (AvgIpc) is 2.71. The van der Waals surface area contributed by atoms with Crippen LogP contribution in [-0.4, -0.2) is 71.8 Å². The quantitative estimate of drug-likeness (QED) is 0.779. The molecule has 1 aromatic carbocycles. The van der Waals surface area contributed by atoms with Crippen molar-refractivity contribution in [3.8, 4) is 0 Å². The lowest BCUT2D eigenvalue weighted by Gasteiger charge is -2.41. The number of rotatable bonds is 4. The van der Waals surface area contributed by atoms with Gasteiger partial charge in [0.25, 0.3) is 5.91 Å². The lowest BCUT2D eigenvalue weighted by molar-refractivity contribution is -0.139. The molecular formula is C24H37N3O2. The Morgan fingerprint density at radius 2 is 1.41 bits per heavy atom. The summed E-state index contributed by atoms with van der Waals surface area (Å²) in [6, 6.07) is 7.87. The third kappa shape index (κ3) is 5.19. The first-order valence-electron chi connectivity index (χ1n) is 11.2. The van der Waals surface area contributed by atoms with Crippen LogP contribution in [0.25, 0.3) is 0 Å². The molecule has 3 unspecified atom stereocenters. The van der Waals surface area contributed by atoms with E-state index >= 15 is 0 Å². The number of carbonyl (C=O) groups is 2. The normalized spacial score (nSPS) is 24.6. The minimum atomic E-state index is -0.116. The second-order valence-corrected chi connectivity index (χ2v) is 9.47. The second kappa shape index (κ2) is 9.29. The van der Waals surface area contributed by atoms with Gasteiger partial charge in [0.2, 0.25) is 5.91 Å². The molecule has 0 saturated carbocycles. The average molecular weight is 400 g/mol. The van der Waals surface area contributed by atoms with Gasteiger partial charge in [0.05, 0.1) is 6.04 Å². The summed E-state index contributed by atoms with van der Waals surface area (Å²) < 4.78 is 0. The second-order valence-electron chi connectivity index (χ2n) is 9.47. The Balaban J connectivity index is 1.54. The van der Waals surface area contributed by atoms with Gasteiger partial charge < -0.3 is 9.80 Å². The first-order chi connectivity index (χ1) is 13.8. The molecule has 2 aliphatic heterocycles. The molecular weight excluding hydrogens is 362 g/mol. The molecule has 1 aromatic rings. The highest BCUT2D eigenvalue weighted by Gasteiger charge is 2.33. The Hall–Kier alpha value is -1.88. The van der Waals surface area contributed by atoms with E-state index in [1.807, 2.05) is 24.0 Å². The van der Waals surface area contributed by atoms with Gasteiger partial charge in [-0.05, 0) is 48.8 Å². The van der Waals surface area contributed by atoms with E-state index in [0.29, 0.717) is 30.8 Å². The molecule has 0 radical (unpaired) electrons. The van der Waals surface area contributed by atoms with Gasteiger partial charge in [-0.15, -0.1) is 0 Å². The van der Waals surface area contributed by atoms with Crippen molar-refractivity contribution in [3.05, 3.63) is 35.4 Å². The Morgan fingerprint density at radius 3 is 1.93 bits per heavy atom. The Labute approximate surface area is 176 Å². The highest BCUT2D eigenvalue weighted by atomic mass is 16.2. The third-order valence-electron chi connectivity index (χ3n) is 6.51. The molecule has 0 bridgehead atoms. The molecule has 5 heteroatoms. The van der Waals surface area contributed by atoms with E-state index in [9.17, 15) is 9.59 Å². The number of nitrogens with zero attached hydrogens (tertiary/aromatic N) is 3. The molecule has 2 heterocycles. The molecule has 160 valence electrons. The highest BCUT2D eigenvalue weighted by molar-refractivity contribution is 5.94. The van der Waals surface area contributed by atoms with Gasteiger partial charge in [0.15, 0.2) is 0 Å². The summed E-state index contributed by atoms with van der Waals surface area (Å²) in [5.41, 5.74) is 2.00. The maximum absolute atomic E-state index is 13.0.